The molecule has 0 bridgehead atoms. The van der Waals surface area contributed by atoms with Crippen LogP contribution < -0.4 is 10.1 Å². The van der Waals surface area contributed by atoms with E-state index in [0.717, 1.165) is 18.4 Å². The highest BCUT2D eigenvalue weighted by atomic mass is 16.7. The third-order valence-corrected chi connectivity index (χ3v) is 5.89. The molecule has 1 heterocycles. The average Bonchev–Trinajstić information content (AvgIpc) is 2.80. The van der Waals surface area contributed by atoms with Gasteiger partial charge in [0.25, 0.3) is 5.91 Å². The van der Waals surface area contributed by atoms with Crippen molar-refractivity contribution in [3.63, 3.8) is 0 Å². The minimum absolute atomic E-state index is 0.0625. The Bertz CT molecular complexity index is 915. The topological polar surface area (TPSA) is 101 Å². The molecule has 8 heteroatoms. The van der Waals surface area contributed by atoms with E-state index in [-0.39, 0.29) is 23.2 Å². The fourth-order valence-electron chi connectivity index (χ4n) is 4.25. The molecule has 0 saturated heterocycles. The molecule has 1 aromatic carbocycles. The van der Waals surface area contributed by atoms with Gasteiger partial charge in [0.15, 0.2) is 17.2 Å². The molecule has 3 rings (SSSR count). The zero-order valence-electron chi connectivity index (χ0n) is 18.8. The lowest BCUT2D eigenvalue weighted by Crippen LogP contribution is -2.43. The number of nitrogens with one attached hydrogen (secondary N) is 1. The molecule has 1 unspecified atom stereocenters. The Hall–Kier alpha value is -3.13. The highest BCUT2D eigenvalue weighted by Crippen LogP contribution is 2.38. The van der Waals surface area contributed by atoms with Crippen LogP contribution in [0.5, 0.6) is 11.5 Å². The van der Waals surface area contributed by atoms with Crippen molar-refractivity contribution in [2.24, 2.45) is 5.92 Å². The van der Waals surface area contributed by atoms with Crippen molar-refractivity contribution in [3.05, 3.63) is 53.9 Å². The van der Waals surface area contributed by atoms with Gasteiger partial charge in [-0.25, -0.2) is 9.78 Å². The Morgan fingerprint density at radius 2 is 1.84 bits per heavy atom. The Morgan fingerprint density at radius 3 is 2.50 bits per heavy atom. The summed E-state index contributed by atoms with van der Waals surface area (Å²) in [6.45, 7) is 1.53. The summed E-state index contributed by atoms with van der Waals surface area (Å²) in [6.07, 6.45) is 7.07. The van der Waals surface area contributed by atoms with Crippen LogP contribution in [-0.2, 0) is 9.63 Å². The minimum atomic E-state index is -0.944. The van der Waals surface area contributed by atoms with Gasteiger partial charge in [0.2, 0.25) is 0 Å². The van der Waals surface area contributed by atoms with Gasteiger partial charge in [-0.3, -0.25) is 4.79 Å². The number of amides is 1. The zero-order valence-corrected chi connectivity index (χ0v) is 18.8. The minimum Gasteiger partial charge on any atom is -0.503 e. The summed E-state index contributed by atoms with van der Waals surface area (Å²) in [5.74, 6) is -1.17. The number of hydrogen-bond acceptors (Lipinski definition) is 7. The summed E-state index contributed by atoms with van der Waals surface area (Å²) in [7, 11) is 3.14. The van der Waals surface area contributed by atoms with E-state index in [4.69, 9.17) is 9.57 Å². The maximum atomic E-state index is 12.8. The summed E-state index contributed by atoms with van der Waals surface area (Å²) in [4.78, 5) is 34.8. The molecule has 1 amide bonds. The van der Waals surface area contributed by atoms with E-state index >= 15 is 0 Å². The molecule has 1 aliphatic rings. The van der Waals surface area contributed by atoms with Crippen LogP contribution in [0, 0.1) is 5.92 Å². The number of rotatable bonds is 8. The highest BCUT2D eigenvalue weighted by molar-refractivity contribution is 5.97. The molecule has 0 aliphatic heterocycles. The number of ether oxygens (including phenoxy) is 1. The maximum Gasteiger partial charge on any atom is 0.347 e. The molecule has 0 spiro atoms. The number of nitrogens with zero attached hydrogens (tertiary/aromatic N) is 2. The van der Waals surface area contributed by atoms with Gasteiger partial charge in [-0.15, -0.1) is 5.06 Å². The molecule has 172 valence electrons. The predicted octanol–water partition coefficient (Wildman–Crippen LogP) is 3.63. The van der Waals surface area contributed by atoms with Gasteiger partial charge in [0.1, 0.15) is 6.04 Å². The Balaban J connectivity index is 1.68. The molecule has 1 aliphatic carbocycles. The fourth-order valence-corrected chi connectivity index (χ4v) is 4.25. The maximum absolute atomic E-state index is 12.8. The normalized spacial score (nSPS) is 16.2. The average molecular weight is 442 g/mol. The van der Waals surface area contributed by atoms with E-state index in [9.17, 15) is 14.7 Å². The van der Waals surface area contributed by atoms with Crippen LogP contribution in [0.25, 0.3) is 0 Å². The number of carbonyl (C=O) groups is 2. The summed E-state index contributed by atoms with van der Waals surface area (Å²) >= 11 is 0. The fraction of sp³-hybridized carbons (Fsp3) is 0.458. The van der Waals surface area contributed by atoms with Crippen LogP contribution in [0.15, 0.2) is 42.6 Å². The lowest BCUT2D eigenvalue weighted by atomic mass is 9.81. The van der Waals surface area contributed by atoms with Crippen molar-refractivity contribution in [1.29, 1.82) is 0 Å². The van der Waals surface area contributed by atoms with Crippen molar-refractivity contribution in [2.45, 2.75) is 51.1 Å². The second-order valence-corrected chi connectivity index (χ2v) is 8.12. The van der Waals surface area contributed by atoms with Crippen LogP contribution in [-0.4, -0.2) is 47.2 Å². The van der Waals surface area contributed by atoms with Gasteiger partial charge in [0, 0.05) is 19.3 Å². The lowest BCUT2D eigenvalue weighted by molar-refractivity contribution is -0.202. The molecular weight excluding hydrogens is 410 g/mol. The van der Waals surface area contributed by atoms with E-state index in [0.29, 0.717) is 5.92 Å². The molecular formula is C24H31N3O5. The first kappa shape index (κ1) is 23.5. The van der Waals surface area contributed by atoms with Crippen molar-refractivity contribution in [1.82, 2.24) is 15.4 Å². The van der Waals surface area contributed by atoms with Crippen LogP contribution in [0.3, 0.4) is 0 Å². The number of hydrogen-bond donors (Lipinski definition) is 2. The van der Waals surface area contributed by atoms with Crippen molar-refractivity contribution in [2.75, 3.05) is 14.2 Å². The van der Waals surface area contributed by atoms with Crippen LogP contribution in [0.1, 0.15) is 61.1 Å². The second kappa shape index (κ2) is 10.9. The second-order valence-electron chi connectivity index (χ2n) is 8.12. The summed E-state index contributed by atoms with van der Waals surface area (Å²) in [5.41, 5.74) is 0.874. The summed E-state index contributed by atoms with van der Waals surface area (Å²) < 4.78 is 5.00. The molecule has 1 saturated carbocycles. The number of aromatic hydroxyl groups is 1. The SMILES string of the molecule is COc1ccnc(C(=O)N[C@@H](C)C(=O)ON(C)C(c2ccccc2)C2CCCCC2)c1O. The largest absolute Gasteiger partial charge is 0.503 e. The first-order chi connectivity index (χ1) is 15.4. The quantitative estimate of drug-likeness (QED) is 0.603. The first-order valence-electron chi connectivity index (χ1n) is 10.9. The van der Waals surface area contributed by atoms with Gasteiger partial charge in [-0.2, -0.15) is 0 Å². The van der Waals surface area contributed by atoms with Crippen LogP contribution >= 0.6 is 0 Å². The van der Waals surface area contributed by atoms with E-state index < -0.39 is 17.9 Å². The van der Waals surface area contributed by atoms with E-state index in [1.807, 2.05) is 30.3 Å². The molecule has 1 aromatic heterocycles. The van der Waals surface area contributed by atoms with E-state index in [1.54, 1.807) is 12.1 Å². The van der Waals surface area contributed by atoms with Gasteiger partial charge in [-0.05, 0) is 31.2 Å². The smallest absolute Gasteiger partial charge is 0.347 e. The third-order valence-electron chi connectivity index (χ3n) is 5.89. The van der Waals surface area contributed by atoms with Crippen molar-refractivity contribution < 1.29 is 24.3 Å². The number of pyridine rings is 1. The van der Waals surface area contributed by atoms with Crippen molar-refractivity contribution >= 4 is 11.9 Å². The molecule has 2 atom stereocenters. The summed E-state index contributed by atoms with van der Waals surface area (Å²) in [6, 6.07) is 10.5. The Labute approximate surface area is 188 Å². The van der Waals surface area contributed by atoms with Crippen LogP contribution in [0.4, 0.5) is 0 Å². The third kappa shape index (κ3) is 5.56. The Kier molecular flexibility index (Phi) is 8.05. The van der Waals surface area contributed by atoms with Gasteiger partial charge in [0.05, 0.1) is 13.2 Å². The Morgan fingerprint density at radius 1 is 1.16 bits per heavy atom. The molecule has 0 radical (unpaired) electrons. The predicted molar refractivity (Wildman–Crippen MR) is 119 cm³/mol. The molecule has 32 heavy (non-hydrogen) atoms. The molecule has 8 nitrogen and oxygen atoms in total. The van der Waals surface area contributed by atoms with E-state index in [2.05, 4.69) is 10.3 Å². The van der Waals surface area contributed by atoms with Crippen LogP contribution in [0.2, 0.25) is 0 Å². The van der Waals surface area contributed by atoms with Gasteiger partial charge in [-0.1, -0.05) is 49.6 Å². The number of benzene rings is 1. The van der Waals surface area contributed by atoms with Crippen molar-refractivity contribution in [3.8, 4) is 11.5 Å². The standard InChI is InChI=1S/C24H31N3O5/c1-16(26-23(29)20-22(28)19(31-3)14-15-25-20)24(30)32-27(2)21(17-10-6-4-7-11-17)18-12-8-5-9-13-18/h4,6-7,10-11,14-16,18,21,28H,5,8-9,12-13H2,1-3H3,(H,26,29)/t16-,21?/m0/s1. The number of aromatic nitrogens is 1. The molecule has 2 aromatic rings. The van der Waals surface area contributed by atoms with E-state index in [1.165, 1.54) is 45.6 Å². The first-order valence-corrected chi connectivity index (χ1v) is 10.9. The monoisotopic (exact) mass is 441 g/mol. The summed E-state index contributed by atoms with van der Waals surface area (Å²) in [5, 5.41) is 14.3. The number of methoxy groups -OCH3 is 1. The molecule has 2 N–H and O–H groups in total. The highest BCUT2D eigenvalue weighted by Gasteiger charge is 2.32. The van der Waals surface area contributed by atoms with Gasteiger partial charge < -0.3 is 20.0 Å². The molecule has 1 fully saturated rings. The number of carbonyl (C=O) groups excluding carboxylic acids is 2. The number of hydroxylamine groups is 2. The lowest BCUT2D eigenvalue weighted by Gasteiger charge is -2.36. The van der Waals surface area contributed by atoms with Gasteiger partial charge >= 0.3 is 5.97 Å². The zero-order chi connectivity index (χ0) is 23.1.